The van der Waals surface area contributed by atoms with Gasteiger partial charge >= 0.3 is 0 Å². The molecule has 0 aliphatic heterocycles. The molecule has 7 heteroatoms. The van der Waals surface area contributed by atoms with Gasteiger partial charge in [-0.05, 0) is 36.2 Å². The van der Waals surface area contributed by atoms with Crippen LogP contribution in [0.2, 0.25) is 0 Å². The molecule has 3 aromatic rings. The van der Waals surface area contributed by atoms with Crippen molar-refractivity contribution < 1.29 is 14.3 Å². The highest BCUT2D eigenvalue weighted by Gasteiger charge is 2.08. The van der Waals surface area contributed by atoms with Crippen LogP contribution in [-0.4, -0.2) is 36.6 Å². The number of carbonyl (C=O) groups is 1. The standard InChI is InChI=1S/C21H22N4O3/c1-27-17-8-6-15(7-9-17)10-11-22-21(26)19-13-24-20(14-23-19)25-16-4-3-5-18(12-16)28-2/h3-9,12-14H,10-11H2,1-2H3,(H,22,26)(H,24,25). The van der Waals surface area contributed by atoms with E-state index in [4.69, 9.17) is 9.47 Å². The number of benzene rings is 2. The van der Waals surface area contributed by atoms with E-state index in [0.29, 0.717) is 12.4 Å². The zero-order valence-electron chi connectivity index (χ0n) is 15.8. The summed E-state index contributed by atoms with van der Waals surface area (Å²) >= 11 is 0. The van der Waals surface area contributed by atoms with Crippen LogP contribution >= 0.6 is 0 Å². The Morgan fingerprint density at radius 3 is 2.43 bits per heavy atom. The number of amides is 1. The van der Waals surface area contributed by atoms with Gasteiger partial charge in [0, 0.05) is 18.3 Å². The second-order valence-corrected chi connectivity index (χ2v) is 6.00. The number of rotatable bonds is 8. The third kappa shape index (κ3) is 5.20. The van der Waals surface area contributed by atoms with Gasteiger partial charge in [-0.15, -0.1) is 0 Å². The molecule has 0 saturated carbocycles. The van der Waals surface area contributed by atoms with Crippen molar-refractivity contribution in [2.24, 2.45) is 0 Å². The maximum Gasteiger partial charge on any atom is 0.271 e. The maximum absolute atomic E-state index is 12.2. The molecule has 0 radical (unpaired) electrons. The summed E-state index contributed by atoms with van der Waals surface area (Å²) in [7, 11) is 3.24. The molecule has 0 unspecified atom stereocenters. The molecule has 0 aliphatic carbocycles. The summed E-state index contributed by atoms with van der Waals surface area (Å²) in [5.41, 5.74) is 2.21. The van der Waals surface area contributed by atoms with E-state index in [1.165, 1.54) is 12.4 Å². The van der Waals surface area contributed by atoms with Crippen molar-refractivity contribution in [3.05, 3.63) is 72.2 Å². The van der Waals surface area contributed by atoms with Gasteiger partial charge in [0.25, 0.3) is 5.91 Å². The molecule has 1 heterocycles. The van der Waals surface area contributed by atoms with E-state index in [1.54, 1.807) is 14.2 Å². The molecule has 0 fully saturated rings. The zero-order valence-corrected chi connectivity index (χ0v) is 15.8. The van der Waals surface area contributed by atoms with Crippen LogP contribution in [-0.2, 0) is 6.42 Å². The smallest absolute Gasteiger partial charge is 0.271 e. The zero-order chi connectivity index (χ0) is 19.8. The molecule has 0 spiro atoms. The van der Waals surface area contributed by atoms with E-state index in [1.807, 2.05) is 48.5 Å². The number of hydrogen-bond donors (Lipinski definition) is 2. The molecule has 0 bridgehead atoms. The number of hydrogen-bond acceptors (Lipinski definition) is 6. The highest BCUT2D eigenvalue weighted by molar-refractivity contribution is 5.92. The highest BCUT2D eigenvalue weighted by Crippen LogP contribution is 2.19. The maximum atomic E-state index is 12.2. The van der Waals surface area contributed by atoms with Crippen LogP contribution in [0.1, 0.15) is 16.1 Å². The van der Waals surface area contributed by atoms with Gasteiger partial charge in [-0.3, -0.25) is 4.79 Å². The van der Waals surface area contributed by atoms with Gasteiger partial charge in [0.05, 0.1) is 26.6 Å². The molecular formula is C21H22N4O3. The molecule has 28 heavy (non-hydrogen) atoms. The number of nitrogens with one attached hydrogen (secondary N) is 2. The monoisotopic (exact) mass is 378 g/mol. The number of nitrogens with zero attached hydrogens (tertiary/aromatic N) is 2. The van der Waals surface area contributed by atoms with Crippen LogP contribution in [0.25, 0.3) is 0 Å². The van der Waals surface area contributed by atoms with Gasteiger partial charge in [0.1, 0.15) is 23.0 Å². The Hall–Kier alpha value is -3.61. The van der Waals surface area contributed by atoms with Gasteiger partial charge in [0.2, 0.25) is 0 Å². The van der Waals surface area contributed by atoms with E-state index in [0.717, 1.165) is 29.2 Å². The summed E-state index contributed by atoms with van der Waals surface area (Å²) in [6, 6.07) is 15.2. The van der Waals surface area contributed by atoms with Gasteiger partial charge in [-0.25, -0.2) is 9.97 Å². The van der Waals surface area contributed by atoms with E-state index in [-0.39, 0.29) is 11.6 Å². The van der Waals surface area contributed by atoms with Crippen LogP contribution in [0.3, 0.4) is 0 Å². The van der Waals surface area contributed by atoms with Crippen molar-refractivity contribution >= 4 is 17.4 Å². The Labute approximate surface area is 163 Å². The van der Waals surface area contributed by atoms with Crippen LogP contribution in [0.4, 0.5) is 11.5 Å². The molecule has 3 rings (SSSR count). The molecule has 2 N–H and O–H groups in total. The molecule has 1 aromatic heterocycles. The van der Waals surface area contributed by atoms with E-state index < -0.39 is 0 Å². The summed E-state index contributed by atoms with van der Waals surface area (Å²) in [5, 5.41) is 5.97. The van der Waals surface area contributed by atoms with Crippen LogP contribution in [0, 0.1) is 0 Å². The van der Waals surface area contributed by atoms with Crippen molar-refractivity contribution in [1.82, 2.24) is 15.3 Å². The largest absolute Gasteiger partial charge is 0.497 e. The normalized spacial score (nSPS) is 10.2. The molecule has 0 atom stereocenters. The predicted octanol–water partition coefficient (Wildman–Crippen LogP) is 3.21. The first-order valence-electron chi connectivity index (χ1n) is 8.82. The second kappa shape index (κ2) is 9.36. The Bertz CT molecular complexity index is 912. The lowest BCUT2D eigenvalue weighted by Crippen LogP contribution is -2.26. The van der Waals surface area contributed by atoms with Gasteiger partial charge in [0.15, 0.2) is 0 Å². The Kier molecular flexibility index (Phi) is 6.41. The molecular weight excluding hydrogens is 356 g/mol. The van der Waals surface area contributed by atoms with Gasteiger partial charge < -0.3 is 20.1 Å². The fourth-order valence-electron chi connectivity index (χ4n) is 2.56. The topological polar surface area (TPSA) is 85.4 Å². The quantitative estimate of drug-likeness (QED) is 0.626. The lowest BCUT2D eigenvalue weighted by atomic mass is 10.1. The van der Waals surface area contributed by atoms with E-state index in [2.05, 4.69) is 20.6 Å². The van der Waals surface area contributed by atoms with Crippen molar-refractivity contribution in [1.29, 1.82) is 0 Å². The third-order valence-corrected chi connectivity index (χ3v) is 4.08. The lowest BCUT2D eigenvalue weighted by molar-refractivity contribution is 0.0949. The first-order valence-corrected chi connectivity index (χ1v) is 8.82. The average Bonchev–Trinajstić information content (AvgIpc) is 2.75. The fourth-order valence-corrected chi connectivity index (χ4v) is 2.56. The lowest BCUT2D eigenvalue weighted by Gasteiger charge is -2.08. The SMILES string of the molecule is COc1ccc(CCNC(=O)c2cnc(Nc3cccc(OC)c3)cn2)cc1. The minimum Gasteiger partial charge on any atom is -0.497 e. The van der Waals surface area contributed by atoms with Crippen LogP contribution in [0.5, 0.6) is 11.5 Å². The minimum atomic E-state index is -0.256. The summed E-state index contributed by atoms with van der Waals surface area (Å²) in [6.45, 7) is 0.511. The van der Waals surface area contributed by atoms with Gasteiger partial charge in [-0.2, -0.15) is 0 Å². The van der Waals surface area contributed by atoms with Crippen molar-refractivity contribution in [2.75, 3.05) is 26.1 Å². The average molecular weight is 378 g/mol. The minimum absolute atomic E-state index is 0.256. The fraction of sp³-hybridized carbons (Fsp3) is 0.190. The first kappa shape index (κ1) is 19.2. The van der Waals surface area contributed by atoms with E-state index in [9.17, 15) is 4.79 Å². The van der Waals surface area contributed by atoms with Gasteiger partial charge in [-0.1, -0.05) is 18.2 Å². The van der Waals surface area contributed by atoms with E-state index >= 15 is 0 Å². The van der Waals surface area contributed by atoms with Crippen molar-refractivity contribution in [3.63, 3.8) is 0 Å². The summed E-state index contributed by atoms with van der Waals surface area (Å²) < 4.78 is 10.3. The summed E-state index contributed by atoms with van der Waals surface area (Å²) in [6.07, 6.45) is 3.70. The van der Waals surface area contributed by atoms with Crippen molar-refractivity contribution in [2.45, 2.75) is 6.42 Å². The number of ether oxygens (including phenoxy) is 2. The van der Waals surface area contributed by atoms with Crippen molar-refractivity contribution in [3.8, 4) is 11.5 Å². The molecule has 2 aromatic carbocycles. The third-order valence-electron chi connectivity index (χ3n) is 4.08. The molecule has 7 nitrogen and oxygen atoms in total. The number of aromatic nitrogens is 2. The molecule has 144 valence electrons. The first-order chi connectivity index (χ1) is 13.7. The number of methoxy groups -OCH3 is 2. The molecule has 1 amide bonds. The van der Waals surface area contributed by atoms with Crippen LogP contribution < -0.4 is 20.1 Å². The molecule has 0 aliphatic rings. The predicted molar refractivity (Wildman–Crippen MR) is 107 cm³/mol. The highest BCUT2D eigenvalue weighted by atomic mass is 16.5. The molecule has 0 saturated heterocycles. The second-order valence-electron chi connectivity index (χ2n) is 6.00. The number of anilines is 2. The number of carbonyl (C=O) groups excluding carboxylic acids is 1. The Morgan fingerprint density at radius 2 is 1.75 bits per heavy atom. The summed E-state index contributed by atoms with van der Waals surface area (Å²) in [4.78, 5) is 20.6. The summed E-state index contributed by atoms with van der Waals surface area (Å²) in [5.74, 6) is 1.84. The Morgan fingerprint density at radius 1 is 0.964 bits per heavy atom. The Balaban J connectivity index is 1.51. The van der Waals surface area contributed by atoms with Crippen LogP contribution in [0.15, 0.2) is 60.9 Å².